The number of nitrogens with one attached hydrogen (secondary N) is 1. The van der Waals surface area contributed by atoms with Gasteiger partial charge in [0.05, 0.1) is 0 Å². The fourth-order valence-electron chi connectivity index (χ4n) is 2.88. The number of aromatic nitrogens is 1. The SMILES string of the molecule is Nc1nc(N2CCCCCC2)sc1C(=O)N1CCNCC1. The van der Waals surface area contributed by atoms with Crippen LogP contribution in [0.15, 0.2) is 0 Å². The van der Waals surface area contributed by atoms with Crippen molar-refractivity contribution in [2.75, 3.05) is 49.9 Å². The van der Waals surface area contributed by atoms with E-state index in [1.54, 1.807) is 0 Å². The quantitative estimate of drug-likeness (QED) is 0.857. The van der Waals surface area contributed by atoms with Crippen LogP contribution in [0.4, 0.5) is 10.9 Å². The molecule has 0 aliphatic carbocycles. The smallest absolute Gasteiger partial charge is 0.267 e. The number of piperazine rings is 1. The van der Waals surface area contributed by atoms with Crippen LogP contribution in [0, 0.1) is 0 Å². The van der Waals surface area contributed by atoms with Crippen LogP contribution in [0.1, 0.15) is 35.4 Å². The molecule has 0 bridgehead atoms. The first-order valence-electron chi connectivity index (χ1n) is 7.77. The topological polar surface area (TPSA) is 74.5 Å². The molecule has 2 aliphatic rings. The summed E-state index contributed by atoms with van der Waals surface area (Å²) in [6.45, 7) is 5.24. The molecule has 2 fully saturated rings. The van der Waals surface area contributed by atoms with Gasteiger partial charge in [-0.3, -0.25) is 4.79 Å². The van der Waals surface area contributed by atoms with Gasteiger partial charge in [-0.15, -0.1) is 0 Å². The van der Waals surface area contributed by atoms with Gasteiger partial charge in [0, 0.05) is 39.3 Å². The predicted octanol–water partition coefficient (Wildman–Crippen LogP) is 1.15. The maximum Gasteiger partial charge on any atom is 0.267 e. The molecule has 6 nitrogen and oxygen atoms in total. The van der Waals surface area contributed by atoms with E-state index in [-0.39, 0.29) is 5.91 Å². The first kappa shape index (κ1) is 14.6. The highest BCUT2D eigenvalue weighted by Gasteiger charge is 2.25. The third-order valence-electron chi connectivity index (χ3n) is 4.12. The molecule has 21 heavy (non-hydrogen) atoms. The molecule has 1 aromatic heterocycles. The molecule has 3 rings (SSSR count). The predicted molar refractivity (Wildman–Crippen MR) is 86.0 cm³/mol. The molecule has 2 saturated heterocycles. The molecule has 3 N–H and O–H groups in total. The lowest BCUT2D eigenvalue weighted by atomic mass is 10.2. The second-order valence-electron chi connectivity index (χ2n) is 5.65. The minimum absolute atomic E-state index is 0.0348. The number of hydrogen-bond donors (Lipinski definition) is 2. The highest BCUT2D eigenvalue weighted by molar-refractivity contribution is 7.18. The Labute approximate surface area is 129 Å². The van der Waals surface area contributed by atoms with Gasteiger partial charge >= 0.3 is 0 Å². The van der Waals surface area contributed by atoms with Crippen molar-refractivity contribution in [3.05, 3.63) is 4.88 Å². The Morgan fingerprint density at radius 2 is 1.76 bits per heavy atom. The number of carbonyl (C=O) groups excluding carboxylic acids is 1. The highest BCUT2D eigenvalue weighted by atomic mass is 32.1. The number of nitrogens with zero attached hydrogens (tertiary/aromatic N) is 3. The van der Waals surface area contributed by atoms with Crippen molar-refractivity contribution in [1.29, 1.82) is 0 Å². The molecule has 116 valence electrons. The minimum Gasteiger partial charge on any atom is -0.382 e. The summed E-state index contributed by atoms with van der Waals surface area (Å²) in [4.78, 5) is 21.8. The summed E-state index contributed by atoms with van der Waals surface area (Å²) >= 11 is 1.46. The van der Waals surface area contributed by atoms with Crippen molar-refractivity contribution in [2.24, 2.45) is 0 Å². The zero-order valence-electron chi connectivity index (χ0n) is 12.3. The zero-order chi connectivity index (χ0) is 14.7. The van der Waals surface area contributed by atoms with E-state index in [1.807, 2.05) is 4.90 Å². The molecule has 0 saturated carbocycles. The van der Waals surface area contributed by atoms with Gasteiger partial charge in [0.15, 0.2) is 5.13 Å². The zero-order valence-corrected chi connectivity index (χ0v) is 13.1. The van der Waals surface area contributed by atoms with Crippen LogP contribution >= 0.6 is 11.3 Å². The van der Waals surface area contributed by atoms with E-state index in [9.17, 15) is 4.79 Å². The number of thiazole rings is 1. The third-order valence-corrected chi connectivity index (χ3v) is 5.24. The molecular weight excluding hydrogens is 286 g/mol. The number of hydrogen-bond acceptors (Lipinski definition) is 6. The average Bonchev–Trinajstić information content (AvgIpc) is 2.74. The Morgan fingerprint density at radius 1 is 1.10 bits per heavy atom. The van der Waals surface area contributed by atoms with Crippen LogP contribution in [0.5, 0.6) is 0 Å². The van der Waals surface area contributed by atoms with Gasteiger partial charge in [-0.1, -0.05) is 24.2 Å². The molecule has 0 aromatic carbocycles. The Hall–Kier alpha value is -1.34. The summed E-state index contributed by atoms with van der Waals surface area (Å²) in [6, 6.07) is 0. The molecule has 7 heteroatoms. The second kappa shape index (κ2) is 6.62. The first-order valence-corrected chi connectivity index (χ1v) is 8.58. The summed E-state index contributed by atoms with van der Waals surface area (Å²) in [7, 11) is 0. The van der Waals surface area contributed by atoms with Crippen molar-refractivity contribution in [1.82, 2.24) is 15.2 Å². The van der Waals surface area contributed by atoms with E-state index in [4.69, 9.17) is 5.73 Å². The van der Waals surface area contributed by atoms with E-state index in [0.717, 1.165) is 44.4 Å². The van der Waals surface area contributed by atoms with E-state index in [0.29, 0.717) is 10.7 Å². The third kappa shape index (κ3) is 3.29. The molecule has 0 atom stereocenters. The van der Waals surface area contributed by atoms with Gasteiger partial charge in [-0.05, 0) is 12.8 Å². The molecule has 0 unspecified atom stereocenters. The van der Waals surface area contributed by atoms with E-state index >= 15 is 0 Å². The summed E-state index contributed by atoms with van der Waals surface area (Å²) in [5.41, 5.74) is 6.00. The summed E-state index contributed by atoms with van der Waals surface area (Å²) in [5, 5.41) is 4.16. The van der Waals surface area contributed by atoms with E-state index in [1.165, 1.54) is 37.0 Å². The summed E-state index contributed by atoms with van der Waals surface area (Å²) in [5.74, 6) is 0.426. The van der Waals surface area contributed by atoms with Gasteiger partial charge in [-0.25, -0.2) is 4.98 Å². The number of carbonyl (C=O) groups is 1. The van der Waals surface area contributed by atoms with Crippen molar-refractivity contribution >= 4 is 28.2 Å². The van der Waals surface area contributed by atoms with E-state index < -0.39 is 0 Å². The Bertz CT molecular complexity index is 490. The van der Waals surface area contributed by atoms with Crippen LogP contribution in [-0.4, -0.2) is 55.1 Å². The lowest BCUT2D eigenvalue weighted by Crippen LogP contribution is -2.46. The first-order chi connectivity index (χ1) is 10.3. The minimum atomic E-state index is 0.0348. The molecule has 3 heterocycles. The van der Waals surface area contributed by atoms with Gasteiger partial charge in [-0.2, -0.15) is 0 Å². The van der Waals surface area contributed by atoms with Crippen LogP contribution in [0.25, 0.3) is 0 Å². The Balaban J connectivity index is 1.75. The van der Waals surface area contributed by atoms with Crippen molar-refractivity contribution in [2.45, 2.75) is 25.7 Å². The van der Waals surface area contributed by atoms with Crippen molar-refractivity contribution < 1.29 is 4.79 Å². The van der Waals surface area contributed by atoms with Gasteiger partial charge in [0.1, 0.15) is 10.7 Å². The second-order valence-corrected chi connectivity index (χ2v) is 6.63. The standard InChI is InChI=1S/C14H23N5OS/c15-12-11(13(20)18-9-5-16-6-10-18)21-14(17-12)19-7-3-1-2-4-8-19/h16H,1-10,15H2. The largest absolute Gasteiger partial charge is 0.382 e. The molecule has 1 aromatic rings. The monoisotopic (exact) mass is 309 g/mol. The maximum absolute atomic E-state index is 12.6. The number of rotatable bonds is 2. The lowest BCUT2D eigenvalue weighted by Gasteiger charge is -2.26. The van der Waals surface area contributed by atoms with Gasteiger partial charge in [0.2, 0.25) is 0 Å². The maximum atomic E-state index is 12.6. The normalized spacial score (nSPS) is 20.4. The van der Waals surface area contributed by atoms with Crippen LogP contribution in [0.2, 0.25) is 0 Å². The van der Waals surface area contributed by atoms with Crippen LogP contribution in [0.3, 0.4) is 0 Å². The molecule has 0 radical (unpaired) electrons. The van der Waals surface area contributed by atoms with Crippen molar-refractivity contribution in [3.63, 3.8) is 0 Å². The van der Waals surface area contributed by atoms with Gasteiger partial charge < -0.3 is 20.9 Å². The summed E-state index contributed by atoms with van der Waals surface area (Å²) < 4.78 is 0. The highest BCUT2D eigenvalue weighted by Crippen LogP contribution is 2.30. The molecule has 0 spiro atoms. The van der Waals surface area contributed by atoms with Crippen molar-refractivity contribution in [3.8, 4) is 0 Å². The molecular formula is C14H23N5OS. The fourth-order valence-corrected chi connectivity index (χ4v) is 3.89. The Kier molecular flexibility index (Phi) is 4.60. The van der Waals surface area contributed by atoms with Gasteiger partial charge in [0.25, 0.3) is 5.91 Å². The molecule has 2 aliphatic heterocycles. The lowest BCUT2D eigenvalue weighted by molar-refractivity contribution is 0.0741. The summed E-state index contributed by atoms with van der Waals surface area (Å²) in [6.07, 6.45) is 4.95. The fraction of sp³-hybridized carbons (Fsp3) is 0.714. The van der Waals surface area contributed by atoms with Crippen LogP contribution in [-0.2, 0) is 0 Å². The number of amides is 1. The number of anilines is 2. The Morgan fingerprint density at radius 3 is 2.43 bits per heavy atom. The number of nitrogen functional groups attached to an aromatic ring is 1. The van der Waals surface area contributed by atoms with Crippen LogP contribution < -0.4 is 16.0 Å². The number of nitrogens with two attached hydrogens (primary N) is 1. The average molecular weight is 309 g/mol. The molecule has 1 amide bonds. The van der Waals surface area contributed by atoms with E-state index in [2.05, 4.69) is 15.2 Å².